The number of hydrogen-bond donors (Lipinski definition) is 3. The van der Waals surface area contributed by atoms with Gasteiger partial charge in [0.05, 0.1) is 0 Å². The van der Waals surface area contributed by atoms with E-state index in [1.165, 1.54) is 55.2 Å². The normalized spacial score (nSPS) is 36.2. The van der Waals surface area contributed by atoms with Gasteiger partial charge in [-0.3, -0.25) is 0 Å². The number of aryl methyl sites for hydroxylation is 3. The molecule has 0 spiro atoms. The third kappa shape index (κ3) is 4.62. The Labute approximate surface area is 313 Å². The predicted molar refractivity (Wildman–Crippen MR) is 212 cm³/mol. The Morgan fingerprint density at radius 3 is 1.15 bits per heavy atom. The molecule has 6 saturated carbocycles. The third-order valence-corrected chi connectivity index (χ3v) is 16.4. The number of fused-ring (bicyclic) bond motifs is 10. The number of aromatic hydroxyl groups is 3. The van der Waals surface area contributed by atoms with E-state index in [0.717, 1.165) is 70.9 Å². The van der Waals surface area contributed by atoms with Crippen LogP contribution in [0.25, 0.3) is 0 Å². The van der Waals surface area contributed by atoms with Crippen molar-refractivity contribution in [1.82, 2.24) is 0 Å². The fourth-order valence-electron chi connectivity index (χ4n) is 14.7. The maximum absolute atomic E-state index is 13.5. The fraction of sp³-hybridized carbons (Fsp3) is 0.633. The van der Waals surface area contributed by atoms with Crippen LogP contribution < -0.4 is 0 Å². The average Bonchev–Trinajstić information content (AvgIpc) is 3.91. The van der Waals surface area contributed by atoms with Gasteiger partial charge in [-0.25, -0.2) is 0 Å². The van der Waals surface area contributed by atoms with Crippen LogP contribution in [0.1, 0.15) is 156 Å². The highest BCUT2D eigenvalue weighted by molar-refractivity contribution is 5.65. The summed E-state index contributed by atoms with van der Waals surface area (Å²) in [6.45, 7) is 19.9. The molecule has 278 valence electrons. The second kappa shape index (κ2) is 11.3. The molecule has 6 aliphatic carbocycles. The molecule has 0 saturated heterocycles. The molecule has 52 heavy (non-hydrogen) atoms. The number of rotatable bonds is 4. The van der Waals surface area contributed by atoms with E-state index in [2.05, 4.69) is 98.7 Å². The van der Waals surface area contributed by atoms with E-state index in [-0.39, 0.29) is 10.8 Å². The molecule has 3 heteroatoms. The summed E-state index contributed by atoms with van der Waals surface area (Å²) in [5.74, 6) is 6.16. The number of benzene rings is 3. The Hall–Kier alpha value is -2.94. The van der Waals surface area contributed by atoms with Gasteiger partial charge in [0.2, 0.25) is 0 Å². The van der Waals surface area contributed by atoms with Gasteiger partial charge in [0, 0.05) is 33.1 Å². The van der Waals surface area contributed by atoms with E-state index in [1.807, 2.05) is 0 Å². The quantitative estimate of drug-likeness (QED) is 0.254. The molecule has 0 aliphatic heterocycles. The first kappa shape index (κ1) is 34.8. The summed E-state index contributed by atoms with van der Waals surface area (Å²) < 4.78 is 0. The molecule has 0 heterocycles. The molecule has 0 aromatic heterocycles. The van der Waals surface area contributed by atoms with Crippen LogP contribution in [-0.4, -0.2) is 15.3 Å². The molecule has 0 radical (unpaired) electrons. The molecular formula is C49H64O3. The van der Waals surface area contributed by atoms with Crippen molar-refractivity contribution in [3.05, 3.63) is 86.5 Å². The Morgan fingerprint density at radius 1 is 0.462 bits per heavy atom. The summed E-state index contributed by atoms with van der Waals surface area (Å²) in [5.41, 5.74) is 8.44. The highest BCUT2D eigenvalue weighted by Gasteiger charge is 2.65. The van der Waals surface area contributed by atoms with Crippen LogP contribution in [0.15, 0.2) is 36.4 Å². The second-order valence-corrected chi connectivity index (χ2v) is 21.2. The van der Waals surface area contributed by atoms with Gasteiger partial charge in [-0.1, -0.05) is 94.6 Å². The average molecular weight is 701 g/mol. The lowest BCUT2D eigenvalue weighted by atomic mass is 9.57. The van der Waals surface area contributed by atoms with Crippen LogP contribution in [0.3, 0.4) is 0 Å². The van der Waals surface area contributed by atoms with Crippen LogP contribution in [0.2, 0.25) is 0 Å². The summed E-state index contributed by atoms with van der Waals surface area (Å²) in [6, 6.07) is 13.6. The zero-order chi connectivity index (χ0) is 36.9. The highest BCUT2D eigenvalue weighted by Crippen LogP contribution is 2.72. The van der Waals surface area contributed by atoms with Gasteiger partial charge < -0.3 is 15.3 Å². The largest absolute Gasteiger partial charge is 0.507 e. The SMILES string of the molecule is Cc1cc(C(C)(C)C)c(O)c(C2(c3cc(C)cc(C4(c5cc(C)cc(C(C)(C)C)c5O)CCC5C6CCC(C6)C54)c3O)CCC3C4CCC(C4)C32)c1. The summed E-state index contributed by atoms with van der Waals surface area (Å²) in [6.07, 6.45) is 12.0. The molecule has 3 N–H and O–H groups in total. The minimum atomic E-state index is -0.468. The third-order valence-electron chi connectivity index (χ3n) is 16.4. The fourth-order valence-corrected chi connectivity index (χ4v) is 14.7. The molecule has 9 rings (SSSR count). The molecule has 4 bridgehead atoms. The second-order valence-electron chi connectivity index (χ2n) is 21.2. The summed E-state index contributed by atoms with van der Waals surface area (Å²) in [4.78, 5) is 0. The van der Waals surface area contributed by atoms with Crippen molar-refractivity contribution in [3.63, 3.8) is 0 Å². The summed E-state index contributed by atoms with van der Waals surface area (Å²) in [5, 5.41) is 38.6. The Morgan fingerprint density at radius 2 is 0.788 bits per heavy atom. The van der Waals surface area contributed by atoms with Crippen LogP contribution in [0.5, 0.6) is 17.2 Å². The molecule has 0 amide bonds. The van der Waals surface area contributed by atoms with E-state index < -0.39 is 10.8 Å². The van der Waals surface area contributed by atoms with Crippen molar-refractivity contribution < 1.29 is 15.3 Å². The molecule has 6 fully saturated rings. The van der Waals surface area contributed by atoms with E-state index in [9.17, 15) is 15.3 Å². The van der Waals surface area contributed by atoms with E-state index >= 15 is 0 Å². The molecule has 3 nitrogen and oxygen atoms in total. The predicted octanol–water partition coefficient (Wildman–Crippen LogP) is 11.8. The molecule has 3 aromatic rings. The molecular weight excluding hydrogens is 637 g/mol. The first-order valence-corrected chi connectivity index (χ1v) is 21.0. The maximum Gasteiger partial charge on any atom is 0.123 e. The monoisotopic (exact) mass is 700 g/mol. The lowest BCUT2D eigenvalue weighted by Crippen LogP contribution is -2.40. The van der Waals surface area contributed by atoms with Crippen LogP contribution >= 0.6 is 0 Å². The number of phenolic OH excluding ortho intramolecular Hbond substituents is 3. The van der Waals surface area contributed by atoms with E-state index in [1.54, 1.807) is 0 Å². The number of phenols is 3. The van der Waals surface area contributed by atoms with Crippen molar-refractivity contribution in [2.24, 2.45) is 47.3 Å². The van der Waals surface area contributed by atoms with Gasteiger partial charge in [0.1, 0.15) is 17.2 Å². The van der Waals surface area contributed by atoms with Crippen LogP contribution in [0.4, 0.5) is 0 Å². The van der Waals surface area contributed by atoms with Crippen molar-refractivity contribution in [1.29, 1.82) is 0 Å². The van der Waals surface area contributed by atoms with Gasteiger partial charge in [0.25, 0.3) is 0 Å². The Bertz CT molecular complexity index is 1820. The molecule has 6 aliphatic rings. The smallest absolute Gasteiger partial charge is 0.123 e. The van der Waals surface area contributed by atoms with Crippen molar-refractivity contribution in [3.8, 4) is 17.2 Å². The minimum absolute atomic E-state index is 0.212. The van der Waals surface area contributed by atoms with Crippen LogP contribution in [0, 0.1) is 68.1 Å². The lowest BCUT2D eigenvalue weighted by molar-refractivity contribution is 0.193. The standard InChI is InChI=1S/C49H64O3/c1-26-18-35(46(4,5)6)43(50)37(20-26)48(16-14-33-29-10-12-31(24-29)41(33)48)39-22-28(3)23-40(45(39)52)49(17-15-34-30-11-13-32(25-30)42(34)49)38-21-27(2)19-36(44(38)51)47(7,8)9/h18-23,29-34,41-42,50-52H,10-17,24-25H2,1-9H3. The van der Waals surface area contributed by atoms with Gasteiger partial charge in [0.15, 0.2) is 0 Å². The topological polar surface area (TPSA) is 60.7 Å². The van der Waals surface area contributed by atoms with Crippen LogP contribution in [-0.2, 0) is 21.7 Å². The molecule has 10 atom stereocenters. The van der Waals surface area contributed by atoms with Gasteiger partial charge in [-0.2, -0.15) is 0 Å². The first-order chi connectivity index (χ1) is 24.5. The molecule has 10 unspecified atom stereocenters. The van der Waals surface area contributed by atoms with E-state index in [0.29, 0.717) is 52.8 Å². The van der Waals surface area contributed by atoms with Crippen molar-refractivity contribution in [2.75, 3.05) is 0 Å². The highest BCUT2D eigenvalue weighted by atomic mass is 16.3. The minimum Gasteiger partial charge on any atom is -0.507 e. The van der Waals surface area contributed by atoms with Crippen molar-refractivity contribution >= 4 is 0 Å². The summed E-state index contributed by atoms with van der Waals surface area (Å²) in [7, 11) is 0. The van der Waals surface area contributed by atoms with Gasteiger partial charge >= 0.3 is 0 Å². The maximum atomic E-state index is 13.5. The van der Waals surface area contributed by atoms with Gasteiger partial charge in [-0.15, -0.1) is 0 Å². The molecule has 3 aromatic carbocycles. The lowest BCUT2D eigenvalue weighted by Gasteiger charge is -2.46. The zero-order valence-electron chi connectivity index (χ0n) is 33.5. The van der Waals surface area contributed by atoms with Crippen molar-refractivity contribution in [2.45, 2.75) is 148 Å². The Kier molecular flexibility index (Phi) is 7.56. The number of hydrogen-bond acceptors (Lipinski definition) is 3. The Balaban J connectivity index is 1.35. The summed E-state index contributed by atoms with van der Waals surface area (Å²) >= 11 is 0. The first-order valence-electron chi connectivity index (χ1n) is 21.0. The van der Waals surface area contributed by atoms with Gasteiger partial charge in [-0.05, 0) is 154 Å². The van der Waals surface area contributed by atoms with E-state index in [4.69, 9.17) is 0 Å². The zero-order valence-corrected chi connectivity index (χ0v) is 33.5.